The van der Waals surface area contributed by atoms with Gasteiger partial charge in [0.05, 0.1) is 0 Å². The molecule has 1 aromatic rings. The lowest BCUT2D eigenvalue weighted by Crippen LogP contribution is -1.89. The molecule has 0 saturated heterocycles. The number of oxime groups is 1. The van der Waals surface area contributed by atoms with Gasteiger partial charge in [0.15, 0.2) is 10.9 Å². The first-order valence-corrected chi connectivity index (χ1v) is 2.38. The van der Waals surface area contributed by atoms with Crippen LogP contribution in [0, 0.1) is 0 Å². The van der Waals surface area contributed by atoms with E-state index in [2.05, 4.69) is 20.1 Å². The van der Waals surface area contributed by atoms with Gasteiger partial charge in [-0.3, -0.25) is 0 Å². The maximum absolute atomic E-state index is 8.05. The molecule has 56 valence electrons. The van der Waals surface area contributed by atoms with E-state index in [-0.39, 0.29) is 23.3 Å². The highest BCUT2D eigenvalue weighted by molar-refractivity contribution is 6.69. The van der Waals surface area contributed by atoms with Crippen molar-refractivity contribution in [1.82, 2.24) is 10.3 Å². The van der Waals surface area contributed by atoms with Crippen molar-refractivity contribution >= 4 is 29.2 Å². The van der Waals surface area contributed by atoms with Gasteiger partial charge in [0.25, 0.3) is 0 Å². The molecule has 1 aromatic heterocycles. The molecule has 0 aliphatic rings. The van der Waals surface area contributed by atoms with Crippen LogP contribution in [0.15, 0.2) is 16.0 Å². The summed E-state index contributed by atoms with van der Waals surface area (Å²) >= 11 is 5.27. The number of aromatic nitrogens is 2. The van der Waals surface area contributed by atoms with E-state index in [1.807, 2.05) is 0 Å². The van der Waals surface area contributed by atoms with Gasteiger partial charge in [-0.25, -0.2) is 4.63 Å². The van der Waals surface area contributed by atoms with Crippen LogP contribution < -0.4 is 0 Å². The lowest BCUT2D eigenvalue weighted by atomic mass is 10.5. The minimum absolute atomic E-state index is 0. The molecule has 1 rings (SSSR count). The molecule has 0 unspecified atom stereocenters. The summed E-state index contributed by atoms with van der Waals surface area (Å²) in [6.45, 7) is 0. The molecule has 0 aliphatic carbocycles. The first kappa shape index (κ1) is 9.19. The highest BCUT2D eigenvalue weighted by atomic mass is 35.5. The number of halogens is 2. The Bertz CT molecular complexity index is 210. The summed E-state index contributed by atoms with van der Waals surface area (Å²) in [6, 6.07) is 0. The topological polar surface area (TPSA) is 71.5 Å². The highest BCUT2D eigenvalue weighted by Crippen LogP contribution is 1.97. The molecule has 0 bridgehead atoms. The molecular weight excluding hydrogens is 181 g/mol. The van der Waals surface area contributed by atoms with Crippen LogP contribution in [0.2, 0.25) is 0 Å². The predicted octanol–water partition coefficient (Wildman–Crippen LogP) is 0.866. The largest absolute Gasteiger partial charge is 0.410 e. The first-order valence-electron chi connectivity index (χ1n) is 2.00. The van der Waals surface area contributed by atoms with Crippen LogP contribution in [-0.4, -0.2) is 20.7 Å². The van der Waals surface area contributed by atoms with E-state index in [4.69, 9.17) is 16.8 Å². The van der Waals surface area contributed by atoms with Crippen molar-refractivity contribution in [2.45, 2.75) is 0 Å². The zero-order valence-corrected chi connectivity index (χ0v) is 6.13. The summed E-state index contributed by atoms with van der Waals surface area (Å²) in [5, 5.41) is 17.1. The van der Waals surface area contributed by atoms with Gasteiger partial charge in [0.1, 0.15) is 6.20 Å². The minimum atomic E-state index is -0.142. The van der Waals surface area contributed by atoms with Crippen molar-refractivity contribution < 1.29 is 9.84 Å². The molecule has 7 heteroatoms. The van der Waals surface area contributed by atoms with Crippen LogP contribution in [0.1, 0.15) is 5.69 Å². The Morgan fingerprint density at radius 1 is 1.80 bits per heavy atom. The molecule has 0 radical (unpaired) electrons. The summed E-state index contributed by atoms with van der Waals surface area (Å²) in [5.41, 5.74) is 0.208. The van der Waals surface area contributed by atoms with E-state index in [9.17, 15) is 0 Å². The van der Waals surface area contributed by atoms with Gasteiger partial charge in [-0.1, -0.05) is 21.9 Å². The van der Waals surface area contributed by atoms with Gasteiger partial charge < -0.3 is 5.21 Å². The quantitative estimate of drug-likeness (QED) is 0.399. The Kier molecular flexibility index (Phi) is 3.75. The monoisotopic (exact) mass is 183 g/mol. The molecule has 0 aliphatic heterocycles. The van der Waals surface area contributed by atoms with Crippen LogP contribution in [0.25, 0.3) is 0 Å². The van der Waals surface area contributed by atoms with Crippen molar-refractivity contribution in [3.05, 3.63) is 11.9 Å². The number of hydrogen-bond acceptors (Lipinski definition) is 5. The molecule has 0 amide bonds. The Hall–Kier alpha value is -0.810. The van der Waals surface area contributed by atoms with E-state index in [1.54, 1.807) is 0 Å². The highest BCUT2D eigenvalue weighted by Gasteiger charge is 2.02. The average molecular weight is 184 g/mol. The normalized spacial score (nSPS) is 10.7. The third-order valence-electron chi connectivity index (χ3n) is 0.660. The number of hydrogen-bond donors (Lipinski definition) is 1. The predicted molar refractivity (Wildman–Crippen MR) is 35.7 cm³/mol. The summed E-state index contributed by atoms with van der Waals surface area (Å²) < 4.78 is 4.16. The zero-order chi connectivity index (χ0) is 6.69. The summed E-state index contributed by atoms with van der Waals surface area (Å²) in [5.74, 6) is 0. The molecule has 10 heavy (non-hydrogen) atoms. The second kappa shape index (κ2) is 4.08. The van der Waals surface area contributed by atoms with E-state index in [1.165, 1.54) is 6.20 Å². The Morgan fingerprint density at radius 2 is 2.50 bits per heavy atom. The number of nitrogens with zero attached hydrogens (tertiary/aromatic N) is 3. The maximum Gasteiger partial charge on any atom is 0.199 e. The molecule has 0 spiro atoms. The lowest BCUT2D eigenvalue weighted by Gasteiger charge is -1.79. The molecular formula is C3H3Cl2N3O2. The second-order valence-electron chi connectivity index (χ2n) is 1.18. The Morgan fingerprint density at radius 3 is 2.90 bits per heavy atom. The van der Waals surface area contributed by atoms with E-state index < -0.39 is 0 Å². The van der Waals surface area contributed by atoms with Crippen LogP contribution in [0.5, 0.6) is 0 Å². The van der Waals surface area contributed by atoms with Gasteiger partial charge in [-0.15, -0.1) is 12.4 Å². The van der Waals surface area contributed by atoms with E-state index in [0.717, 1.165) is 0 Å². The van der Waals surface area contributed by atoms with Crippen molar-refractivity contribution in [3.63, 3.8) is 0 Å². The van der Waals surface area contributed by atoms with E-state index in [0.29, 0.717) is 0 Å². The van der Waals surface area contributed by atoms with Gasteiger partial charge >= 0.3 is 0 Å². The first-order chi connectivity index (χ1) is 4.34. The zero-order valence-electron chi connectivity index (χ0n) is 4.56. The molecule has 1 N–H and O–H groups in total. The molecule has 0 aromatic carbocycles. The fourth-order valence-electron chi connectivity index (χ4n) is 0.307. The third kappa shape index (κ3) is 1.85. The van der Waals surface area contributed by atoms with Gasteiger partial charge in [-0.05, 0) is 5.16 Å². The number of rotatable bonds is 1. The van der Waals surface area contributed by atoms with Gasteiger partial charge in [0.2, 0.25) is 0 Å². The fourth-order valence-corrected chi connectivity index (χ4v) is 0.390. The van der Waals surface area contributed by atoms with Crippen LogP contribution in [0.4, 0.5) is 0 Å². The molecule has 0 saturated carbocycles. The van der Waals surface area contributed by atoms with Crippen molar-refractivity contribution in [1.29, 1.82) is 0 Å². The van der Waals surface area contributed by atoms with Gasteiger partial charge in [-0.2, -0.15) is 0 Å². The SMILES string of the molecule is Cl.ON=C(Cl)c1cnon1. The van der Waals surface area contributed by atoms with Crippen LogP contribution in [0.3, 0.4) is 0 Å². The van der Waals surface area contributed by atoms with Crippen molar-refractivity contribution in [2.75, 3.05) is 0 Å². The summed E-state index contributed by atoms with van der Waals surface area (Å²) in [7, 11) is 0. The standard InChI is InChI=1S/C3H2ClN3O2.ClH/c4-3(6-8)2-1-5-9-7-2;/h1,8H;1H. The minimum Gasteiger partial charge on any atom is -0.410 e. The summed E-state index contributed by atoms with van der Waals surface area (Å²) in [4.78, 5) is 0. The Balaban J connectivity index is 0.000000810. The molecule has 1 heterocycles. The maximum atomic E-state index is 8.05. The average Bonchev–Trinajstić information content (AvgIpc) is 2.37. The van der Waals surface area contributed by atoms with Crippen LogP contribution >= 0.6 is 24.0 Å². The van der Waals surface area contributed by atoms with E-state index >= 15 is 0 Å². The molecule has 5 nitrogen and oxygen atoms in total. The van der Waals surface area contributed by atoms with Gasteiger partial charge in [0, 0.05) is 0 Å². The van der Waals surface area contributed by atoms with Crippen molar-refractivity contribution in [3.8, 4) is 0 Å². The molecule has 0 atom stereocenters. The summed E-state index contributed by atoms with van der Waals surface area (Å²) in [6.07, 6.45) is 1.24. The van der Waals surface area contributed by atoms with Crippen molar-refractivity contribution in [2.24, 2.45) is 5.16 Å². The smallest absolute Gasteiger partial charge is 0.199 e. The second-order valence-corrected chi connectivity index (χ2v) is 1.54. The molecule has 0 fully saturated rings. The lowest BCUT2D eigenvalue weighted by molar-refractivity contribution is 0.304. The van der Waals surface area contributed by atoms with Crippen LogP contribution in [-0.2, 0) is 0 Å². The Labute approximate surface area is 67.0 Å². The fraction of sp³-hybridized carbons (Fsp3) is 0. The third-order valence-corrected chi connectivity index (χ3v) is 0.930.